The Labute approximate surface area is 207 Å². The van der Waals surface area contributed by atoms with Crippen molar-refractivity contribution >= 4 is 17.3 Å². The number of methoxy groups -OCH3 is 2. The number of halogens is 1. The Balaban J connectivity index is 1.63. The number of anilines is 1. The van der Waals surface area contributed by atoms with Gasteiger partial charge in [0.15, 0.2) is 0 Å². The zero-order chi connectivity index (χ0) is 25.2. The minimum Gasteiger partial charge on any atom is -0.497 e. The van der Waals surface area contributed by atoms with E-state index in [1.54, 1.807) is 57.5 Å². The lowest BCUT2D eigenvalue weighted by Gasteiger charge is -2.35. The van der Waals surface area contributed by atoms with E-state index >= 15 is 0 Å². The Morgan fingerprint density at radius 3 is 2.39 bits per heavy atom. The number of hydrogen-bond donors (Lipinski definition) is 1. The van der Waals surface area contributed by atoms with Gasteiger partial charge in [-0.15, -0.1) is 0 Å². The molecule has 1 aliphatic rings. The maximum atomic E-state index is 13.7. The molecule has 9 heteroatoms. The summed E-state index contributed by atoms with van der Waals surface area (Å²) < 4.78 is 29.9. The average molecular weight is 487 g/mol. The molecule has 1 N–H and O–H groups in total. The molecule has 2 amide bonds. The fourth-order valence-electron chi connectivity index (χ4n) is 4.18. The van der Waals surface area contributed by atoms with Gasteiger partial charge in [-0.1, -0.05) is 23.4 Å². The van der Waals surface area contributed by atoms with Gasteiger partial charge in [0.25, 0.3) is 5.89 Å². The summed E-state index contributed by atoms with van der Waals surface area (Å²) in [5.41, 5.74) is 3.21. The number of urea groups is 1. The van der Waals surface area contributed by atoms with Gasteiger partial charge < -0.3 is 19.3 Å². The molecule has 0 bridgehead atoms. The number of hydrogen-bond acceptors (Lipinski definition) is 6. The SMILES string of the molecule is COc1ccc(-c2noc(C3=C(C)N(c4cccc(OC)c4)C(=O)NC3c3ccc(F)cc3)n2)cc1. The van der Waals surface area contributed by atoms with E-state index in [9.17, 15) is 9.18 Å². The van der Waals surface area contributed by atoms with Crippen LogP contribution in [-0.4, -0.2) is 30.4 Å². The van der Waals surface area contributed by atoms with Gasteiger partial charge in [0.05, 0.1) is 31.5 Å². The molecule has 0 fully saturated rings. The van der Waals surface area contributed by atoms with Crippen LogP contribution in [0.15, 0.2) is 83.0 Å². The zero-order valence-electron chi connectivity index (χ0n) is 19.9. The third-order valence-corrected chi connectivity index (χ3v) is 6.00. The van der Waals surface area contributed by atoms with E-state index < -0.39 is 6.04 Å². The van der Waals surface area contributed by atoms with Crippen molar-refractivity contribution in [2.45, 2.75) is 13.0 Å². The highest BCUT2D eigenvalue weighted by molar-refractivity contribution is 6.01. The predicted molar refractivity (Wildman–Crippen MR) is 132 cm³/mol. The topological polar surface area (TPSA) is 89.7 Å². The molecular weight excluding hydrogens is 463 g/mol. The number of allylic oxidation sites excluding steroid dienone is 1. The molecule has 5 rings (SSSR count). The van der Waals surface area contributed by atoms with Crippen molar-refractivity contribution in [3.8, 4) is 22.9 Å². The molecule has 0 radical (unpaired) electrons. The molecule has 2 heterocycles. The quantitative estimate of drug-likeness (QED) is 0.382. The minimum absolute atomic E-state index is 0.237. The summed E-state index contributed by atoms with van der Waals surface area (Å²) in [5, 5.41) is 7.17. The van der Waals surface area contributed by atoms with Crippen LogP contribution in [0, 0.1) is 5.82 Å². The van der Waals surface area contributed by atoms with Crippen molar-refractivity contribution in [1.29, 1.82) is 0 Å². The number of nitrogens with one attached hydrogen (secondary N) is 1. The number of carbonyl (C=O) groups is 1. The summed E-state index contributed by atoms with van der Waals surface area (Å²) in [7, 11) is 3.16. The molecule has 1 aromatic heterocycles. The highest BCUT2D eigenvalue weighted by Crippen LogP contribution is 2.39. The van der Waals surface area contributed by atoms with E-state index in [1.165, 1.54) is 17.0 Å². The molecule has 0 aliphatic carbocycles. The molecule has 1 unspecified atom stereocenters. The summed E-state index contributed by atoms with van der Waals surface area (Å²) in [6.45, 7) is 1.81. The average Bonchev–Trinajstić information content (AvgIpc) is 3.39. The third kappa shape index (κ3) is 4.26. The standard InChI is InChI=1S/C27H23FN4O4/c1-16-23(26-30-25(31-36-26)18-9-13-21(34-2)14-10-18)24(17-7-11-19(28)12-8-17)29-27(33)32(16)20-5-4-6-22(15-20)35-3/h4-15,24H,1-3H3,(H,29,33). The van der Waals surface area contributed by atoms with Crippen LogP contribution in [0.25, 0.3) is 17.0 Å². The number of nitrogens with zero attached hydrogens (tertiary/aromatic N) is 3. The Hall–Kier alpha value is -4.66. The van der Waals surface area contributed by atoms with Gasteiger partial charge in [0.1, 0.15) is 17.3 Å². The van der Waals surface area contributed by atoms with Crippen LogP contribution in [0.5, 0.6) is 11.5 Å². The number of ether oxygens (including phenoxy) is 2. The van der Waals surface area contributed by atoms with Gasteiger partial charge in [-0.05, 0) is 61.0 Å². The van der Waals surface area contributed by atoms with Crippen LogP contribution in [0.4, 0.5) is 14.9 Å². The summed E-state index contributed by atoms with van der Waals surface area (Å²) in [6, 6.07) is 19.4. The maximum Gasteiger partial charge on any atom is 0.327 e. The Morgan fingerprint density at radius 1 is 0.972 bits per heavy atom. The van der Waals surface area contributed by atoms with Crippen molar-refractivity contribution in [2.75, 3.05) is 19.1 Å². The van der Waals surface area contributed by atoms with Crippen LogP contribution in [0.1, 0.15) is 24.4 Å². The van der Waals surface area contributed by atoms with Crippen molar-refractivity contribution in [2.24, 2.45) is 0 Å². The van der Waals surface area contributed by atoms with E-state index in [4.69, 9.17) is 14.0 Å². The lowest BCUT2D eigenvalue weighted by Crippen LogP contribution is -2.46. The number of carbonyl (C=O) groups excluding carboxylic acids is 1. The van der Waals surface area contributed by atoms with Crippen LogP contribution in [-0.2, 0) is 0 Å². The second-order valence-corrected chi connectivity index (χ2v) is 8.12. The van der Waals surface area contributed by atoms with Gasteiger partial charge in [0.2, 0.25) is 5.82 Å². The Bertz CT molecular complexity index is 1430. The lowest BCUT2D eigenvalue weighted by molar-refractivity contribution is 0.244. The van der Waals surface area contributed by atoms with Crippen LogP contribution in [0.3, 0.4) is 0 Å². The zero-order valence-corrected chi connectivity index (χ0v) is 19.9. The van der Waals surface area contributed by atoms with Gasteiger partial charge in [-0.2, -0.15) is 4.98 Å². The molecule has 8 nitrogen and oxygen atoms in total. The first-order chi connectivity index (χ1) is 17.5. The number of rotatable bonds is 6. The van der Waals surface area contributed by atoms with Crippen LogP contribution >= 0.6 is 0 Å². The Kier molecular flexibility index (Phi) is 6.12. The minimum atomic E-state index is -0.635. The summed E-state index contributed by atoms with van der Waals surface area (Å²) >= 11 is 0. The maximum absolute atomic E-state index is 13.7. The first-order valence-electron chi connectivity index (χ1n) is 11.2. The molecule has 0 saturated carbocycles. The van der Waals surface area contributed by atoms with E-state index in [2.05, 4.69) is 15.5 Å². The van der Waals surface area contributed by atoms with Crippen molar-refractivity contribution < 1.29 is 23.2 Å². The fraction of sp³-hybridized carbons (Fsp3) is 0.148. The highest BCUT2D eigenvalue weighted by atomic mass is 19.1. The van der Waals surface area contributed by atoms with Crippen molar-refractivity contribution in [3.05, 3.63) is 95.8 Å². The van der Waals surface area contributed by atoms with Crippen LogP contribution < -0.4 is 19.7 Å². The second kappa shape index (κ2) is 9.53. The largest absolute Gasteiger partial charge is 0.497 e. The van der Waals surface area contributed by atoms with Gasteiger partial charge in [-0.25, -0.2) is 9.18 Å². The number of benzene rings is 3. The van der Waals surface area contributed by atoms with Gasteiger partial charge >= 0.3 is 6.03 Å². The smallest absolute Gasteiger partial charge is 0.327 e. The van der Waals surface area contributed by atoms with E-state index in [0.29, 0.717) is 39.8 Å². The molecule has 0 spiro atoms. The summed E-state index contributed by atoms with van der Waals surface area (Å²) in [6.07, 6.45) is 0. The molecule has 1 atom stereocenters. The van der Waals surface area contributed by atoms with E-state index in [1.807, 2.05) is 24.3 Å². The van der Waals surface area contributed by atoms with Crippen molar-refractivity contribution in [1.82, 2.24) is 15.5 Å². The lowest BCUT2D eigenvalue weighted by atomic mass is 9.94. The summed E-state index contributed by atoms with van der Waals surface area (Å²) in [4.78, 5) is 19.5. The molecule has 1 aliphatic heterocycles. The molecule has 182 valence electrons. The van der Waals surface area contributed by atoms with Gasteiger partial charge in [-0.3, -0.25) is 4.90 Å². The molecular formula is C27H23FN4O4. The molecule has 3 aromatic carbocycles. The summed E-state index contributed by atoms with van der Waals surface area (Å²) in [5.74, 6) is 1.56. The van der Waals surface area contributed by atoms with Crippen molar-refractivity contribution in [3.63, 3.8) is 0 Å². The second-order valence-electron chi connectivity index (χ2n) is 8.12. The van der Waals surface area contributed by atoms with Crippen LogP contribution in [0.2, 0.25) is 0 Å². The van der Waals surface area contributed by atoms with E-state index in [0.717, 1.165) is 5.56 Å². The monoisotopic (exact) mass is 486 g/mol. The number of amides is 2. The first kappa shape index (κ1) is 23.1. The van der Waals surface area contributed by atoms with Gasteiger partial charge in [0, 0.05) is 17.3 Å². The predicted octanol–water partition coefficient (Wildman–Crippen LogP) is 5.60. The molecule has 0 saturated heterocycles. The normalized spacial score (nSPS) is 15.6. The van der Waals surface area contributed by atoms with E-state index in [-0.39, 0.29) is 17.7 Å². The highest BCUT2D eigenvalue weighted by Gasteiger charge is 2.36. The number of aromatic nitrogens is 2. The third-order valence-electron chi connectivity index (χ3n) is 6.00. The fourth-order valence-corrected chi connectivity index (χ4v) is 4.18. The molecule has 36 heavy (non-hydrogen) atoms. The first-order valence-corrected chi connectivity index (χ1v) is 11.2. The Morgan fingerprint density at radius 2 is 1.69 bits per heavy atom. The molecule has 4 aromatic rings.